The van der Waals surface area contributed by atoms with Crippen LogP contribution in [0.2, 0.25) is 0 Å². The zero-order chi connectivity index (χ0) is 15.0. The van der Waals surface area contributed by atoms with E-state index in [1.54, 1.807) is 0 Å². The molecule has 0 bridgehead atoms. The fourth-order valence-corrected chi connectivity index (χ4v) is 1.97. The molecule has 1 aromatic rings. The quantitative estimate of drug-likeness (QED) is 0.743. The molecule has 0 radical (unpaired) electrons. The molecule has 1 atom stereocenters. The van der Waals surface area contributed by atoms with E-state index in [0.29, 0.717) is 0 Å². The highest BCUT2D eigenvalue weighted by Gasteiger charge is 2.09. The van der Waals surface area contributed by atoms with Crippen molar-refractivity contribution >= 4 is 5.95 Å². The standard InChI is InChI=1S/C15H29N5/c1-5-7-20(9-8-19(3)4)15-17-11-13(12-18-15)10-14(16)6-2/h11-12,14H,5-10,16H2,1-4H3. The van der Waals surface area contributed by atoms with Gasteiger partial charge in [-0.2, -0.15) is 0 Å². The van der Waals surface area contributed by atoms with Crippen LogP contribution in [0.5, 0.6) is 0 Å². The van der Waals surface area contributed by atoms with Crippen molar-refractivity contribution in [1.82, 2.24) is 14.9 Å². The van der Waals surface area contributed by atoms with E-state index in [1.807, 2.05) is 12.4 Å². The van der Waals surface area contributed by atoms with E-state index < -0.39 is 0 Å². The summed E-state index contributed by atoms with van der Waals surface area (Å²) in [6, 6.07) is 0.199. The van der Waals surface area contributed by atoms with E-state index in [4.69, 9.17) is 5.73 Å². The SMILES string of the molecule is CCCN(CCN(C)C)c1ncc(CC(N)CC)cn1. The lowest BCUT2D eigenvalue weighted by Crippen LogP contribution is -2.33. The number of likely N-dealkylation sites (N-methyl/N-ethyl adjacent to an activating group) is 1. The first kappa shape index (κ1) is 16.9. The molecule has 0 fully saturated rings. The number of aromatic nitrogens is 2. The monoisotopic (exact) mass is 279 g/mol. The highest BCUT2D eigenvalue weighted by atomic mass is 15.3. The number of nitrogens with two attached hydrogens (primary N) is 1. The molecule has 0 saturated carbocycles. The molecule has 0 amide bonds. The molecule has 1 rings (SSSR count). The lowest BCUT2D eigenvalue weighted by molar-refractivity contribution is 0.411. The Labute approximate surface area is 123 Å². The van der Waals surface area contributed by atoms with Crippen LogP contribution in [0.25, 0.3) is 0 Å². The van der Waals surface area contributed by atoms with Crippen LogP contribution in [0.15, 0.2) is 12.4 Å². The van der Waals surface area contributed by atoms with Crippen LogP contribution in [0, 0.1) is 0 Å². The summed E-state index contributed by atoms with van der Waals surface area (Å²) in [7, 11) is 4.17. The van der Waals surface area contributed by atoms with Gasteiger partial charge < -0.3 is 15.5 Å². The Morgan fingerprint density at radius 3 is 2.25 bits per heavy atom. The normalized spacial score (nSPS) is 12.7. The van der Waals surface area contributed by atoms with E-state index in [1.165, 1.54) is 0 Å². The van der Waals surface area contributed by atoms with Crippen LogP contribution in [0.1, 0.15) is 32.3 Å². The third kappa shape index (κ3) is 5.84. The minimum absolute atomic E-state index is 0.199. The van der Waals surface area contributed by atoms with Crippen molar-refractivity contribution in [3.05, 3.63) is 18.0 Å². The van der Waals surface area contributed by atoms with Gasteiger partial charge in [-0.15, -0.1) is 0 Å². The Morgan fingerprint density at radius 2 is 1.75 bits per heavy atom. The molecule has 20 heavy (non-hydrogen) atoms. The van der Waals surface area contributed by atoms with Gasteiger partial charge in [-0.3, -0.25) is 0 Å². The van der Waals surface area contributed by atoms with Crippen molar-refractivity contribution in [2.75, 3.05) is 38.6 Å². The zero-order valence-electron chi connectivity index (χ0n) is 13.3. The van der Waals surface area contributed by atoms with Gasteiger partial charge in [0.05, 0.1) is 0 Å². The smallest absolute Gasteiger partial charge is 0.225 e. The Hall–Kier alpha value is -1.20. The van der Waals surface area contributed by atoms with Crippen molar-refractivity contribution in [1.29, 1.82) is 0 Å². The number of hydrogen-bond donors (Lipinski definition) is 1. The van der Waals surface area contributed by atoms with Crippen LogP contribution in [0.3, 0.4) is 0 Å². The average molecular weight is 279 g/mol. The van der Waals surface area contributed by atoms with E-state index >= 15 is 0 Å². The minimum atomic E-state index is 0.199. The predicted octanol–water partition coefficient (Wildman–Crippen LogP) is 1.53. The molecule has 0 saturated heterocycles. The van der Waals surface area contributed by atoms with Gasteiger partial charge in [0, 0.05) is 38.1 Å². The summed E-state index contributed by atoms with van der Waals surface area (Å²) in [4.78, 5) is 13.4. The maximum absolute atomic E-state index is 5.96. The van der Waals surface area contributed by atoms with Gasteiger partial charge in [-0.1, -0.05) is 13.8 Å². The number of nitrogens with zero attached hydrogens (tertiary/aromatic N) is 4. The summed E-state index contributed by atoms with van der Waals surface area (Å²) in [6.45, 7) is 7.23. The Balaban J connectivity index is 2.66. The molecule has 1 unspecified atom stereocenters. The topological polar surface area (TPSA) is 58.3 Å². The summed E-state index contributed by atoms with van der Waals surface area (Å²) in [5.41, 5.74) is 7.08. The van der Waals surface area contributed by atoms with Crippen molar-refractivity contribution in [2.24, 2.45) is 5.73 Å². The fourth-order valence-electron chi connectivity index (χ4n) is 1.97. The predicted molar refractivity (Wildman–Crippen MR) is 85.1 cm³/mol. The van der Waals surface area contributed by atoms with E-state index in [-0.39, 0.29) is 6.04 Å². The van der Waals surface area contributed by atoms with Gasteiger partial charge in [0.1, 0.15) is 0 Å². The third-order valence-corrected chi connectivity index (χ3v) is 3.31. The van der Waals surface area contributed by atoms with Crippen LogP contribution >= 0.6 is 0 Å². The first-order valence-corrected chi connectivity index (χ1v) is 7.53. The summed E-state index contributed by atoms with van der Waals surface area (Å²) >= 11 is 0. The fraction of sp³-hybridized carbons (Fsp3) is 0.733. The van der Waals surface area contributed by atoms with Crippen molar-refractivity contribution in [3.63, 3.8) is 0 Å². The molecule has 5 nitrogen and oxygen atoms in total. The van der Waals surface area contributed by atoms with Crippen LogP contribution in [0.4, 0.5) is 5.95 Å². The van der Waals surface area contributed by atoms with Gasteiger partial charge in [0.2, 0.25) is 5.95 Å². The number of anilines is 1. The second kappa shape index (κ2) is 8.87. The Morgan fingerprint density at radius 1 is 1.10 bits per heavy atom. The maximum Gasteiger partial charge on any atom is 0.225 e. The summed E-state index contributed by atoms with van der Waals surface area (Å²) in [5.74, 6) is 0.822. The van der Waals surface area contributed by atoms with Crippen LogP contribution in [-0.2, 0) is 6.42 Å². The molecule has 2 N–H and O–H groups in total. The first-order valence-electron chi connectivity index (χ1n) is 7.53. The maximum atomic E-state index is 5.96. The van der Waals surface area contributed by atoms with E-state index in [9.17, 15) is 0 Å². The van der Waals surface area contributed by atoms with Gasteiger partial charge >= 0.3 is 0 Å². The minimum Gasteiger partial charge on any atom is -0.340 e. The second-order valence-corrected chi connectivity index (χ2v) is 5.55. The molecule has 1 aromatic heterocycles. The third-order valence-electron chi connectivity index (χ3n) is 3.31. The Bertz CT molecular complexity index is 363. The molecule has 5 heteroatoms. The highest BCUT2D eigenvalue weighted by molar-refractivity contribution is 5.29. The molecule has 0 aliphatic heterocycles. The molecule has 0 aliphatic rings. The number of rotatable bonds is 9. The average Bonchev–Trinajstić information content (AvgIpc) is 2.44. The molecule has 0 spiro atoms. The molecular formula is C15H29N5. The summed E-state index contributed by atoms with van der Waals surface area (Å²) < 4.78 is 0. The van der Waals surface area contributed by atoms with Gasteiger partial charge in [0.25, 0.3) is 0 Å². The van der Waals surface area contributed by atoms with E-state index in [2.05, 4.69) is 47.7 Å². The van der Waals surface area contributed by atoms with Crippen molar-refractivity contribution in [2.45, 2.75) is 39.2 Å². The summed E-state index contributed by atoms with van der Waals surface area (Å²) in [5, 5.41) is 0. The lowest BCUT2D eigenvalue weighted by Gasteiger charge is -2.23. The van der Waals surface area contributed by atoms with Crippen molar-refractivity contribution < 1.29 is 0 Å². The summed E-state index contributed by atoms with van der Waals surface area (Å²) in [6.07, 6.45) is 6.75. The molecule has 114 valence electrons. The molecular weight excluding hydrogens is 250 g/mol. The van der Waals surface area contributed by atoms with Crippen LogP contribution < -0.4 is 10.6 Å². The van der Waals surface area contributed by atoms with Crippen molar-refractivity contribution in [3.8, 4) is 0 Å². The molecule has 0 aromatic carbocycles. The largest absolute Gasteiger partial charge is 0.340 e. The van der Waals surface area contributed by atoms with Gasteiger partial charge in [0.15, 0.2) is 0 Å². The highest BCUT2D eigenvalue weighted by Crippen LogP contribution is 2.09. The lowest BCUT2D eigenvalue weighted by atomic mass is 10.1. The second-order valence-electron chi connectivity index (χ2n) is 5.55. The van der Waals surface area contributed by atoms with Gasteiger partial charge in [-0.25, -0.2) is 9.97 Å². The number of hydrogen-bond acceptors (Lipinski definition) is 5. The van der Waals surface area contributed by atoms with Gasteiger partial charge in [-0.05, 0) is 38.9 Å². The molecule has 1 heterocycles. The molecule has 0 aliphatic carbocycles. The van der Waals surface area contributed by atoms with E-state index in [0.717, 1.165) is 50.4 Å². The van der Waals surface area contributed by atoms with Crippen LogP contribution in [-0.4, -0.2) is 54.6 Å². The zero-order valence-corrected chi connectivity index (χ0v) is 13.3. The Kier molecular flexibility index (Phi) is 7.47. The first-order chi connectivity index (χ1) is 9.56.